The van der Waals surface area contributed by atoms with Crippen molar-refractivity contribution in [3.05, 3.63) is 47.0 Å². The third kappa shape index (κ3) is 2.10. The maximum Gasteiger partial charge on any atom is 0.495 e. The third-order valence-electron chi connectivity index (χ3n) is 5.19. The number of fused-ring (bicyclic) bond motifs is 3. The lowest BCUT2D eigenvalue weighted by molar-refractivity contribution is 0.00578. The fraction of sp³-hybridized carbons (Fsp3) is 0.333. The summed E-state index contributed by atoms with van der Waals surface area (Å²) in [5.74, 6) is 0. The first kappa shape index (κ1) is 15.4. The van der Waals surface area contributed by atoms with Gasteiger partial charge in [0.15, 0.2) is 0 Å². The molecular weight excluding hydrogens is 303 g/mol. The molecule has 1 aliphatic heterocycles. The lowest BCUT2D eigenvalue weighted by Crippen LogP contribution is -2.41. The van der Waals surface area contributed by atoms with Crippen molar-refractivity contribution < 1.29 is 9.31 Å². The summed E-state index contributed by atoms with van der Waals surface area (Å²) in [6.07, 6.45) is 1.44. The van der Waals surface area contributed by atoms with Crippen molar-refractivity contribution in [1.82, 2.24) is 9.97 Å². The standard InChI is InChI=1S/C18H19BN2O3/c1-17(2)18(3,4)24-19(23-17)14-9-13-15(20-10-21-16(13)22)12-8-6-5-7-11(12)14/h5-10H,1-4H3,(H,20,21,22). The Kier molecular flexibility index (Phi) is 3.14. The minimum atomic E-state index is -0.524. The van der Waals surface area contributed by atoms with Crippen molar-refractivity contribution in [2.45, 2.75) is 38.9 Å². The second-order valence-corrected chi connectivity index (χ2v) is 7.23. The fourth-order valence-corrected chi connectivity index (χ4v) is 3.10. The van der Waals surface area contributed by atoms with Crippen LogP contribution in [0.3, 0.4) is 0 Å². The van der Waals surface area contributed by atoms with Crippen LogP contribution in [0.1, 0.15) is 27.7 Å². The molecular formula is C18H19BN2O3. The molecule has 0 amide bonds. The SMILES string of the molecule is CC1(C)OB(c2cc3c(=O)[nH]cnc3c3ccccc23)OC1(C)C. The second-order valence-electron chi connectivity index (χ2n) is 7.23. The molecule has 0 atom stereocenters. The van der Waals surface area contributed by atoms with E-state index in [9.17, 15) is 4.79 Å². The van der Waals surface area contributed by atoms with E-state index in [2.05, 4.69) is 9.97 Å². The predicted octanol–water partition coefficient (Wildman–Crippen LogP) is 2.38. The van der Waals surface area contributed by atoms with Crippen LogP contribution in [-0.4, -0.2) is 28.3 Å². The molecule has 1 saturated heterocycles. The van der Waals surface area contributed by atoms with Gasteiger partial charge in [0.2, 0.25) is 0 Å². The van der Waals surface area contributed by atoms with E-state index in [0.717, 1.165) is 16.2 Å². The monoisotopic (exact) mass is 322 g/mol. The molecule has 1 aliphatic rings. The van der Waals surface area contributed by atoms with Crippen molar-refractivity contribution in [1.29, 1.82) is 0 Å². The number of rotatable bonds is 1. The molecule has 0 aliphatic carbocycles. The Labute approximate surface area is 140 Å². The second kappa shape index (κ2) is 4.91. The van der Waals surface area contributed by atoms with Crippen molar-refractivity contribution in [2.75, 3.05) is 0 Å². The number of hydrogen-bond donors (Lipinski definition) is 1. The molecule has 1 N–H and O–H groups in total. The van der Waals surface area contributed by atoms with Gasteiger partial charge in [0.05, 0.1) is 28.4 Å². The highest BCUT2D eigenvalue weighted by Gasteiger charge is 2.52. The van der Waals surface area contributed by atoms with Crippen molar-refractivity contribution >= 4 is 34.3 Å². The van der Waals surface area contributed by atoms with E-state index < -0.39 is 18.3 Å². The molecule has 3 aromatic rings. The molecule has 1 aromatic heterocycles. The predicted molar refractivity (Wildman–Crippen MR) is 95.6 cm³/mol. The molecule has 4 rings (SSSR count). The number of benzene rings is 2. The van der Waals surface area contributed by atoms with Gasteiger partial charge >= 0.3 is 7.12 Å². The Morgan fingerprint density at radius 1 is 1.00 bits per heavy atom. The summed E-state index contributed by atoms with van der Waals surface area (Å²) in [6, 6.07) is 9.73. The summed E-state index contributed by atoms with van der Waals surface area (Å²) in [6.45, 7) is 8.07. The fourth-order valence-electron chi connectivity index (χ4n) is 3.10. The minimum absolute atomic E-state index is 0.163. The highest BCUT2D eigenvalue weighted by molar-refractivity contribution is 6.65. The quantitative estimate of drug-likeness (QED) is 0.552. The van der Waals surface area contributed by atoms with Gasteiger partial charge in [-0.3, -0.25) is 4.79 Å². The van der Waals surface area contributed by atoms with Gasteiger partial charge in [-0.05, 0) is 44.6 Å². The van der Waals surface area contributed by atoms with Crippen LogP contribution in [0, 0.1) is 0 Å². The number of aromatic nitrogens is 2. The highest BCUT2D eigenvalue weighted by atomic mass is 16.7. The zero-order valence-corrected chi connectivity index (χ0v) is 14.2. The number of aromatic amines is 1. The molecule has 2 aromatic carbocycles. The van der Waals surface area contributed by atoms with E-state index in [1.165, 1.54) is 6.33 Å². The Hall–Kier alpha value is -2.18. The summed E-state index contributed by atoms with van der Waals surface area (Å²) in [5.41, 5.74) is 0.512. The zero-order valence-electron chi connectivity index (χ0n) is 14.2. The molecule has 2 heterocycles. The van der Waals surface area contributed by atoms with Gasteiger partial charge < -0.3 is 14.3 Å². The normalized spacial score (nSPS) is 19.2. The molecule has 0 bridgehead atoms. The Balaban J connectivity index is 2.02. The maximum atomic E-state index is 12.3. The van der Waals surface area contributed by atoms with E-state index in [0.29, 0.717) is 10.9 Å². The van der Waals surface area contributed by atoms with Crippen LogP contribution < -0.4 is 11.0 Å². The molecule has 24 heavy (non-hydrogen) atoms. The van der Waals surface area contributed by atoms with Crippen molar-refractivity contribution in [3.8, 4) is 0 Å². The van der Waals surface area contributed by atoms with E-state index in [1.54, 1.807) is 0 Å². The van der Waals surface area contributed by atoms with Gasteiger partial charge in [-0.2, -0.15) is 0 Å². The van der Waals surface area contributed by atoms with Crippen molar-refractivity contribution in [3.63, 3.8) is 0 Å². The number of hydrogen-bond acceptors (Lipinski definition) is 4. The lowest BCUT2D eigenvalue weighted by Gasteiger charge is -2.32. The van der Waals surface area contributed by atoms with Gasteiger partial charge in [0.1, 0.15) is 0 Å². The summed E-state index contributed by atoms with van der Waals surface area (Å²) in [4.78, 5) is 19.3. The van der Waals surface area contributed by atoms with Crippen LogP contribution in [0.25, 0.3) is 21.7 Å². The smallest absolute Gasteiger partial charge is 0.399 e. The van der Waals surface area contributed by atoms with Gasteiger partial charge in [-0.1, -0.05) is 24.3 Å². The van der Waals surface area contributed by atoms with Crippen LogP contribution in [0.4, 0.5) is 0 Å². The molecule has 6 heteroatoms. The number of H-pyrrole nitrogens is 1. The average molecular weight is 322 g/mol. The summed E-state index contributed by atoms with van der Waals surface area (Å²) >= 11 is 0. The van der Waals surface area contributed by atoms with E-state index in [-0.39, 0.29) is 5.56 Å². The first-order valence-electron chi connectivity index (χ1n) is 8.05. The Morgan fingerprint density at radius 2 is 1.62 bits per heavy atom. The van der Waals surface area contributed by atoms with Gasteiger partial charge in [-0.25, -0.2) is 4.98 Å². The maximum absolute atomic E-state index is 12.3. The molecule has 0 radical (unpaired) electrons. The topological polar surface area (TPSA) is 64.2 Å². The van der Waals surface area contributed by atoms with Crippen LogP contribution in [0.5, 0.6) is 0 Å². The average Bonchev–Trinajstić information content (AvgIpc) is 2.75. The molecule has 0 unspecified atom stereocenters. The third-order valence-corrected chi connectivity index (χ3v) is 5.19. The van der Waals surface area contributed by atoms with Gasteiger partial charge in [0.25, 0.3) is 5.56 Å². The van der Waals surface area contributed by atoms with Crippen molar-refractivity contribution in [2.24, 2.45) is 0 Å². The Bertz CT molecular complexity index is 994. The number of nitrogens with zero attached hydrogens (tertiary/aromatic N) is 1. The van der Waals surface area contributed by atoms with E-state index in [4.69, 9.17) is 9.31 Å². The van der Waals surface area contributed by atoms with E-state index >= 15 is 0 Å². The minimum Gasteiger partial charge on any atom is -0.399 e. The van der Waals surface area contributed by atoms with Crippen LogP contribution in [-0.2, 0) is 9.31 Å². The van der Waals surface area contributed by atoms with E-state index in [1.807, 2.05) is 58.0 Å². The molecule has 0 saturated carbocycles. The molecule has 5 nitrogen and oxygen atoms in total. The first-order chi connectivity index (χ1) is 11.3. The van der Waals surface area contributed by atoms with Crippen LogP contribution in [0.15, 0.2) is 41.5 Å². The highest BCUT2D eigenvalue weighted by Crippen LogP contribution is 2.37. The lowest BCUT2D eigenvalue weighted by atomic mass is 9.75. The Morgan fingerprint density at radius 3 is 2.29 bits per heavy atom. The zero-order chi connectivity index (χ0) is 17.1. The molecule has 122 valence electrons. The molecule has 0 spiro atoms. The summed E-state index contributed by atoms with van der Waals surface area (Å²) < 4.78 is 12.4. The van der Waals surface area contributed by atoms with Crippen LogP contribution >= 0.6 is 0 Å². The number of nitrogens with one attached hydrogen (secondary N) is 1. The van der Waals surface area contributed by atoms with Gasteiger partial charge in [-0.15, -0.1) is 0 Å². The first-order valence-corrected chi connectivity index (χ1v) is 8.05. The summed E-state index contributed by atoms with van der Waals surface area (Å²) in [7, 11) is -0.524. The molecule has 1 fully saturated rings. The van der Waals surface area contributed by atoms with Crippen LogP contribution in [0.2, 0.25) is 0 Å². The largest absolute Gasteiger partial charge is 0.495 e. The van der Waals surface area contributed by atoms with Gasteiger partial charge in [0, 0.05) is 5.39 Å². The summed E-state index contributed by atoms with van der Waals surface area (Å²) in [5, 5.41) is 2.45.